The van der Waals surface area contributed by atoms with E-state index in [0.29, 0.717) is 0 Å². The summed E-state index contributed by atoms with van der Waals surface area (Å²) in [5.74, 6) is -1.98. The lowest BCUT2D eigenvalue weighted by atomic mass is 10.4. The van der Waals surface area contributed by atoms with Gasteiger partial charge in [-0.3, -0.25) is 14.2 Å². The van der Waals surface area contributed by atoms with Gasteiger partial charge in [-0.25, -0.2) is 0 Å². The number of hydrogen-bond acceptors (Lipinski definition) is 6. The molecule has 1 rings (SSSR count). The molecule has 0 atom stereocenters. The third kappa shape index (κ3) is 5.34. The lowest BCUT2D eigenvalue weighted by Gasteiger charge is -2.24. The highest BCUT2D eigenvalue weighted by molar-refractivity contribution is 7.53. The predicted octanol–water partition coefficient (Wildman–Crippen LogP) is 2.03. The summed E-state index contributed by atoms with van der Waals surface area (Å²) in [6.45, 7) is 2.85. The standard InChI is InChI=1S/C12H18NO7P/c1-3-19-21(17,20-4-2)9-13(8-11(14)15)12(16)10-6-5-7-18-10/h5-7H,3-4,8-9H2,1-2H3,(H,14,15). The molecule has 8 nitrogen and oxygen atoms in total. The van der Waals surface area contributed by atoms with Crippen LogP contribution in [0.5, 0.6) is 0 Å². The summed E-state index contributed by atoms with van der Waals surface area (Å²) in [6.07, 6.45) is 0.831. The Morgan fingerprint density at radius 1 is 1.33 bits per heavy atom. The monoisotopic (exact) mass is 319 g/mol. The zero-order valence-corrected chi connectivity index (χ0v) is 12.7. The Balaban J connectivity index is 2.94. The number of aliphatic carboxylic acids is 1. The van der Waals surface area contributed by atoms with Crippen LogP contribution in [0, 0.1) is 0 Å². The molecule has 21 heavy (non-hydrogen) atoms. The number of carboxylic acid groups (broad SMARTS) is 1. The third-order valence-corrected chi connectivity index (χ3v) is 4.33. The van der Waals surface area contributed by atoms with Crippen molar-refractivity contribution < 1.29 is 32.7 Å². The first-order valence-electron chi connectivity index (χ1n) is 6.34. The highest BCUT2D eigenvalue weighted by Crippen LogP contribution is 2.48. The lowest BCUT2D eigenvalue weighted by molar-refractivity contribution is -0.137. The van der Waals surface area contributed by atoms with Gasteiger partial charge in [0.25, 0.3) is 5.91 Å². The number of amides is 1. The number of hydrogen-bond donors (Lipinski definition) is 1. The van der Waals surface area contributed by atoms with Gasteiger partial charge in [-0.05, 0) is 26.0 Å². The number of carbonyl (C=O) groups excluding carboxylic acids is 1. The van der Waals surface area contributed by atoms with E-state index in [0.717, 1.165) is 4.90 Å². The minimum Gasteiger partial charge on any atom is -0.480 e. The van der Waals surface area contributed by atoms with Crippen LogP contribution in [0.1, 0.15) is 24.4 Å². The van der Waals surface area contributed by atoms with Gasteiger partial charge in [-0.1, -0.05) is 0 Å². The van der Waals surface area contributed by atoms with Crippen LogP contribution in [-0.4, -0.2) is 47.9 Å². The van der Waals surface area contributed by atoms with Crippen molar-refractivity contribution in [2.24, 2.45) is 0 Å². The first kappa shape index (κ1) is 17.4. The van der Waals surface area contributed by atoms with Crippen molar-refractivity contribution in [3.05, 3.63) is 24.2 Å². The van der Waals surface area contributed by atoms with E-state index in [-0.39, 0.29) is 19.0 Å². The Kier molecular flexibility index (Phi) is 6.61. The predicted molar refractivity (Wildman–Crippen MR) is 73.1 cm³/mol. The summed E-state index contributed by atoms with van der Waals surface area (Å²) in [6, 6.07) is 2.89. The molecule has 0 radical (unpaired) electrons. The van der Waals surface area contributed by atoms with Gasteiger partial charge in [0.15, 0.2) is 5.76 Å². The van der Waals surface area contributed by atoms with E-state index < -0.39 is 32.3 Å². The van der Waals surface area contributed by atoms with E-state index in [1.165, 1.54) is 18.4 Å². The zero-order valence-electron chi connectivity index (χ0n) is 11.9. The molecule has 9 heteroatoms. The number of carboxylic acids is 1. The molecule has 1 heterocycles. The Labute approximate surface area is 122 Å². The largest absolute Gasteiger partial charge is 0.480 e. The second kappa shape index (κ2) is 7.97. The number of nitrogens with zero attached hydrogens (tertiary/aromatic N) is 1. The Bertz CT molecular complexity index is 504. The van der Waals surface area contributed by atoms with Gasteiger partial charge >= 0.3 is 13.6 Å². The Morgan fingerprint density at radius 2 is 1.95 bits per heavy atom. The summed E-state index contributed by atoms with van der Waals surface area (Å²) >= 11 is 0. The van der Waals surface area contributed by atoms with E-state index in [2.05, 4.69) is 0 Å². The van der Waals surface area contributed by atoms with Crippen LogP contribution in [0.4, 0.5) is 0 Å². The quantitative estimate of drug-likeness (QED) is 0.694. The van der Waals surface area contributed by atoms with Gasteiger partial charge in [0.1, 0.15) is 12.8 Å². The lowest BCUT2D eigenvalue weighted by Crippen LogP contribution is -2.36. The summed E-state index contributed by atoms with van der Waals surface area (Å²) in [7, 11) is -3.59. The highest BCUT2D eigenvalue weighted by Gasteiger charge is 2.32. The van der Waals surface area contributed by atoms with Crippen molar-refractivity contribution in [3.8, 4) is 0 Å². The number of furan rings is 1. The van der Waals surface area contributed by atoms with Gasteiger partial charge in [0, 0.05) is 0 Å². The molecular weight excluding hydrogens is 301 g/mol. The normalized spacial score (nSPS) is 11.3. The molecule has 0 fully saturated rings. The molecule has 0 spiro atoms. The van der Waals surface area contributed by atoms with Crippen LogP contribution in [0.25, 0.3) is 0 Å². The van der Waals surface area contributed by atoms with Crippen LogP contribution in [0.15, 0.2) is 22.8 Å². The maximum atomic E-state index is 12.4. The van der Waals surface area contributed by atoms with Crippen molar-refractivity contribution in [3.63, 3.8) is 0 Å². The first-order valence-corrected chi connectivity index (χ1v) is 8.07. The van der Waals surface area contributed by atoms with Crippen LogP contribution in [0.3, 0.4) is 0 Å². The topological polar surface area (TPSA) is 106 Å². The molecule has 0 aliphatic rings. The van der Waals surface area contributed by atoms with E-state index >= 15 is 0 Å². The van der Waals surface area contributed by atoms with E-state index in [9.17, 15) is 14.2 Å². The third-order valence-electron chi connectivity index (χ3n) is 2.34. The molecule has 1 aromatic rings. The van der Waals surface area contributed by atoms with Crippen molar-refractivity contribution in [2.75, 3.05) is 26.0 Å². The van der Waals surface area contributed by atoms with E-state index in [1.54, 1.807) is 13.8 Å². The molecule has 118 valence electrons. The fourth-order valence-electron chi connectivity index (χ4n) is 1.63. The van der Waals surface area contributed by atoms with Crippen LogP contribution >= 0.6 is 7.60 Å². The number of rotatable bonds is 9. The van der Waals surface area contributed by atoms with E-state index in [4.69, 9.17) is 18.6 Å². The van der Waals surface area contributed by atoms with Crippen molar-refractivity contribution >= 4 is 19.5 Å². The average molecular weight is 319 g/mol. The van der Waals surface area contributed by atoms with Gasteiger partial charge < -0.3 is 23.5 Å². The van der Waals surface area contributed by atoms with Crippen LogP contribution < -0.4 is 0 Å². The molecule has 0 unspecified atom stereocenters. The molecule has 0 bridgehead atoms. The maximum Gasteiger partial charge on any atom is 0.349 e. The van der Waals surface area contributed by atoms with Crippen molar-refractivity contribution in [2.45, 2.75) is 13.8 Å². The average Bonchev–Trinajstić information content (AvgIpc) is 2.90. The smallest absolute Gasteiger partial charge is 0.349 e. The SMILES string of the molecule is CCOP(=O)(CN(CC(=O)O)C(=O)c1ccco1)OCC. The van der Waals surface area contributed by atoms with Gasteiger partial charge in [-0.2, -0.15) is 0 Å². The minimum absolute atomic E-state index is 0.0456. The second-order valence-corrected chi connectivity index (χ2v) is 5.98. The molecule has 1 N–H and O–H groups in total. The molecule has 1 amide bonds. The highest BCUT2D eigenvalue weighted by atomic mass is 31.2. The van der Waals surface area contributed by atoms with Crippen molar-refractivity contribution in [1.82, 2.24) is 4.90 Å². The first-order chi connectivity index (χ1) is 9.91. The fraction of sp³-hybridized carbons (Fsp3) is 0.500. The molecule has 0 aliphatic heterocycles. The van der Waals surface area contributed by atoms with Gasteiger partial charge in [-0.15, -0.1) is 0 Å². The van der Waals surface area contributed by atoms with Gasteiger partial charge in [0.05, 0.1) is 19.5 Å². The molecule has 0 aromatic carbocycles. The molecule has 0 aliphatic carbocycles. The summed E-state index contributed by atoms with van der Waals surface area (Å²) in [4.78, 5) is 23.9. The van der Waals surface area contributed by atoms with Crippen LogP contribution in [0.2, 0.25) is 0 Å². The zero-order chi connectivity index (χ0) is 15.9. The fourth-order valence-corrected chi connectivity index (χ4v) is 3.30. The minimum atomic E-state index is -3.59. The van der Waals surface area contributed by atoms with Crippen LogP contribution in [-0.2, 0) is 18.4 Å². The second-order valence-electron chi connectivity index (χ2n) is 3.96. The maximum absolute atomic E-state index is 12.4. The molecular formula is C12H18NO7P. The summed E-state index contributed by atoms with van der Waals surface area (Å²) in [5.41, 5.74) is 0. The van der Waals surface area contributed by atoms with Crippen molar-refractivity contribution in [1.29, 1.82) is 0 Å². The molecule has 0 saturated heterocycles. The molecule has 0 saturated carbocycles. The van der Waals surface area contributed by atoms with Gasteiger partial charge in [0.2, 0.25) is 0 Å². The Morgan fingerprint density at radius 3 is 2.38 bits per heavy atom. The summed E-state index contributed by atoms with van der Waals surface area (Å²) < 4.78 is 27.5. The molecule has 1 aromatic heterocycles. The number of carbonyl (C=O) groups is 2. The van der Waals surface area contributed by atoms with E-state index in [1.807, 2.05) is 0 Å². The summed E-state index contributed by atoms with van der Waals surface area (Å²) in [5, 5.41) is 8.89. The Hall–Kier alpha value is -1.63.